The number of hydrogen-bond acceptors (Lipinski definition) is 2. The highest BCUT2D eigenvalue weighted by Crippen LogP contribution is 2.23. The highest BCUT2D eigenvalue weighted by atomic mass is 16.3. The molecule has 1 fully saturated rings. The van der Waals surface area contributed by atoms with E-state index in [9.17, 15) is 5.11 Å². The van der Waals surface area contributed by atoms with Gasteiger partial charge in [-0.15, -0.1) is 0 Å². The fraction of sp³-hybridized carbons (Fsp3) is 0.455. The zero-order chi connectivity index (χ0) is 16.6. The molecule has 2 heteroatoms. The van der Waals surface area contributed by atoms with E-state index in [0.29, 0.717) is 5.75 Å². The maximum Gasteiger partial charge on any atom is 0.115 e. The third-order valence-corrected chi connectivity index (χ3v) is 5.20. The fourth-order valence-electron chi connectivity index (χ4n) is 3.69. The van der Waals surface area contributed by atoms with Crippen LogP contribution in [0, 0.1) is 5.92 Å². The molecule has 2 aromatic carbocycles. The Balaban J connectivity index is 1.31. The summed E-state index contributed by atoms with van der Waals surface area (Å²) in [6.07, 6.45) is 7.56. The van der Waals surface area contributed by atoms with E-state index in [4.69, 9.17) is 0 Å². The number of rotatable bonds is 7. The lowest BCUT2D eigenvalue weighted by molar-refractivity contribution is 0.181. The van der Waals surface area contributed by atoms with Gasteiger partial charge in [-0.3, -0.25) is 0 Å². The van der Waals surface area contributed by atoms with Gasteiger partial charge < -0.3 is 10.0 Å². The van der Waals surface area contributed by atoms with E-state index < -0.39 is 0 Å². The topological polar surface area (TPSA) is 23.5 Å². The van der Waals surface area contributed by atoms with Crippen LogP contribution in [0.15, 0.2) is 54.6 Å². The van der Waals surface area contributed by atoms with Crippen molar-refractivity contribution >= 4 is 0 Å². The maximum absolute atomic E-state index is 9.37. The number of aryl methyl sites for hydroxylation is 1. The lowest BCUT2D eigenvalue weighted by Crippen LogP contribution is -2.35. The number of phenolic OH excluding ortho intramolecular Hbond substituents is 1. The standard InChI is InChI=1S/C22H29NO/c24-22-11-9-20(10-12-22)18-21-13-16-23(17-14-21)15-5-4-8-19-6-2-1-3-7-19/h1-3,6-7,9-12,21,24H,4-5,8,13-18H2. The van der Waals surface area contributed by atoms with Gasteiger partial charge in [-0.1, -0.05) is 42.5 Å². The minimum absolute atomic E-state index is 0.365. The van der Waals surface area contributed by atoms with Gasteiger partial charge in [0.1, 0.15) is 5.75 Å². The number of likely N-dealkylation sites (tertiary alicyclic amines) is 1. The summed E-state index contributed by atoms with van der Waals surface area (Å²) in [4.78, 5) is 2.64. The van der Waals surface area contributed by atoms with Crippen molar-refractivity contribution in [3.63, 3.8) is 0 Å². The Labute approximate surface area is 146 Å². The molecule has 1 aliphatic rings. The van der Waals surface area contributed by atoms with Crippen molar-refractivity contribution in [2.75, 3.05) is 19.6 Å². The second kappa shape index (κ2) is 8.89. The first-order valence-corrected chi connectivity index (χ1v) is 9.34. The van der Waals surface area contributed by atoms with E-state index in [1.807, 2.05) is 0 Å². The van der Waals surface area contributed by atoms with E-state index in [-0.39, 0.29) is 0 Å². The Morgan fingerprint density at radius 3 is 2.25 bits per heavy atom. The zero-order valence-electron chi connectivity index (χ0n) is 14.5. The van der Waals surface area contributed by atoms with Crippen molar-refractivity contribution in [3.8, 4) is 5.75 Å². The normalized spacial score (nSPS) is 16.3. The monoisotopic (exact) mass is 323 g/mol. The van der Waals surface area contributed by atoms with Crippen molar-refractivity contribution in [2.24, 2.45) is 5.92 Å². The van der Waals surface area contributed by atoms with Crippen LogP contribution in [0.2, 0.25) is 0 Å². The molecular formula is C22H29NO. The van der Waals surface area contributed by atoms with Gasteiger partial charge in [-0.05, 0) is 87.3 Å². The van der Waals surface area contributed by atoms with Crippen LogP contribution < -0.4 is 0 Å². The van der Waals surface area contributed by atoms with Gasteiger partial charge in [0, 0.05) is 0 Å². The summed E-state index contributed by atoms with van der Waals surface area (Å²) in [5.74, 6) is 1.17. The first kappa shape index (κ1) is 17.0. The predicted octanol–water partition coefficient (Wildman–Crippen LogP) is 4.67. The first-order chi connectivity index (χ1) is 11.8. The number of hydrogen-bond donors (Lipinski definition) is 1. The molecule has 0 unspecified atom stereocenters. The molecule has 0 aliphatic carbocycles. The summed E-state index contributed by atoms with van der Waals surface area (Å²) in [5, 5.41) is 9.37. The van der Waals surface area contributed by atoms with E-state index in [2.05, 4.69) is 47.4 Å². The van der Waals surface area contributed by atoms with E-state index >= 15 is 0 Å². The van der Waals surface area contributed by atoms with Crippen molar-refractivity contribution in [1.82, 2.24) is 4.90 Å². The molecule has 3 rings (SSSR count). The highest BCUT2D eigenvalue weighted by Gasteiger charge is 2.19. The second-order valence-corrected chi connectivity index (χ2v) is 7.10. The first-order valence-electron chi connectivity index (χ1n) is 9.34. The van der Waals surface area contributed by atoms with Crippen molar-refractivity contribution < 1.29 is 5.11 Å². The predicted molar refractivity (Wildman–Crippen MR) is 100 cm³/mol. The zero-order valence-corrected chi connectivity index (χ0v) is 14.5. The number of nitrogens with zero attached hydrogens (tertiary/aromatic N) is 1. The van der Waals surface area contributed by atoms with Crippen LogP contribution in [-0.4, -0.2) is 29.6 Å². The van der Waals surface area contributed by atoms with Crippen molar-refractivity contribution in [2.45, 2.75) is 38.5 Å². The minimum Gasteiger partial charge on any atom is -0.508 e. The van der Waals surface area contributed by atoms with Gasteiger partial charge in [0.2, 0.25) is 0 Å². The SMILES string of the molecule is Oc1ccc(CC2CCN(CCCCc3ccccc3)CC2)cc1. The summed E-state index contributed by atoms with van der Waals surface area (Å²) in [6, 6.07) is 18.5. The Morgan fingerprint density at radius 2 is 1.54 bits per heavy atom. The molecule has 1 saturated heterocycles. The number of aromatic hydroxyl groups is 1. The smallest absolute Gasteiger partial charge is 0.115 e. The average Bonchev–Trinajstić information content (AvgIpc) is 2.63. The van der Waals surface area contributed by atoms with E-state index in [0.717, 1.165) is 12.3 Å². The van der Waals surface area contributed by atoms with Gasteiger partial charge in [-0.2, -0.15) is 0 Å². The number of piperidine rings is 1. The molecule has 2 nitrogen and oxygen atoms in total. The minimum atomic E-state index is 0.365. The lowest BCUT2D eigenvalue weighted by atomic mass is 9.90. The Bertz CT molecular complexity index is 585. The van der Waals surface area contributed by atoms with Crippen LogP contribution in [0.4, 0.5) is 0 Å². The molecule has 0 saturated carbocycles. The van der Waals surface area contributed by atoms with Crippen LogP contribution in [0.3, 0.4) is 0 Å². The molecule has 128 valence electrons. The summed E-state index contributed by atoms with van der Waals surface area (Å²) in [6.45, 7) is 3.74. The van der Waals surface area contributed by atoms with Crippen molar-refractivity contribution in [3.05, 3.63) is 65.7 Å². The molecule has 0 spiro atoms. The maximum atomic E-state index is 9.37. The number of benzene rings is 2. The molecule has 0 bridgehead atoms. The van der Waals surface area contributed by atoms with Gasteiger partial charge >= 0.3 is 0 Å². The van der Waals surface area contributed by atoms with E-state index in [1.54, 1.807) is 12.1 Å². The summed E-state index contributed by atoms with van der Waals surface area (Å²) in [7, 11) is 0. The summed E-state index contributed by atoms with van der Waals surface area (Å²) in [5.41, 5.74) is 2.82. The van der Waals surface area contributed by atoms with E-state index in [1.165, 1.54) is 62.9 Å². The molecule has 0 atom stereocenters. The fourth-order valence-corrected chi connectivity index (χ4v) is 3.69. The van der Waals surface area contributed by atoms with Gasteiger partial charge in [-0.25, -0.2) is 0 Å². The Hall–Kier alpha value is -1.80. The van der Waals surface area contributed by atoms with Gasteiger partial charge in [0.15, 0.2) is 0 Å². The summed E-state index contributed by atoms with van der Waals surface area (Å²) >= 11 is 0. The Morgan fingerprint density at radius 1 is 0.833 bits per heavy atom. The second-order valence-electron chi connectivity index (χ2n) is 7.10. The van der Waals surface area contributed by atoms with Crippen LogP contribution >= 0.6 is 0 Å². The number of unbranched alkanes of at least 4 members (excludes halogenated alkanes) is 1. The molecular weight excluding hydrogens is 294 g/mol. The average molecular weight is 323 g/mol. The highest BCUT2D eigenvalue weighted by molar-refractivity contribution is 5.26. The van der Waals surface area contributed by atoms with Crippen LogP contribution in [0.1, 0.15) is 36.8 Å². The summed E-state index contributed by atoms with van der Waals surface area (Å²) < 4.78 is 0. The molecule has 0 amide bonds. The molecule has 1 N–H and O–H groups in total. The quantitative estimate of drug-likeness (QED) is 0.749. The van der Waals surface area contributed by atoms with Crippen LogP contribution in [0.5, 0.6) is 5.75 Å². The molecule has 2 aromatic rings. The van der Waals surface area contributed by atoms with Gasteiger partial charge in [0.05, 0.1) is 0 Å². The van der Waals surface area contributed by atoms with Crippen LogP contribution in [0.25, 0.3) is 0 Å². The third-order valence-electron chi connectivity index (χ3n) is 5.20. The molecule has 0 radical (unpaired) electrons. The largest absolute Gasteiger partial charge is 0.508 e. The van der Waals surface area contributed by atoms with Crippen molar-refractivity contribution in [1.29, 1.82) is 0 Å². The molecule has 0 aromatic heterocycles. The Kier molecular flexibility index (Phi) is 6.31. The molecule has 24 heavy (non-hydrogen) atoms. The molecule has 1 aliphatic heterocycles. The molecule has 1 heterocycles. The lowest BCUT2D eigenvalue weighted by Gasteiger charge is -2.32. The van der Waals surface area contributed by atoms with Gasteiger partial charge in [0.25, 0.3) is 0 Å². The third kappa shape index (κ3) is 5.38. The number of phenols is 1. The van der Waals surface area contributed by atoms with Crippen LogP contribution in [-0.2, 0) is 12.8 Å².